The highest BCUT2D eigenvalue weighted by molar-refractivity contribution is 7.26. The molecular weight excluding hydrogens is 1010 g/mol. The van der Waals surface area contributed by atoms with Gasteiger partial charge in [0, 0.05) is 72.3 Å². The number of fused-ring (bicyclic) bond motifs is 7. The normalized spacial score (nSPS) is 13.1. The molecule has 0 spiro atoms. The molecule has 6 heteroatoms. The van der Waals surface area contributed by atoms with Gasteiger partial charge in [-0.2, -0.15) is 0 Å². The van der Waals surface area contributed by atoms with Crippen molar-refractivity contribution >= 4 is 123 Å². The molecule has 0 fully saturated rings. The number of aryl methyl sites for hydroxylation is 4. The van der Waals surface area contributed by atoms with Crippen molar-refractivity contribution < 1.29 is 0 Å². The smallest absolute Gasteiger partial charge is 0.252 e. The van der Waals surface area contributed by atoms with Crippen molar-refractivity contribution in [3.8, 4) is 0 Å². The Morgan fingerprint density at radius 3 is 1.38 bits per heavy atom. The highest BCUT2D eigenvalue weighted by atomic mass is 32.1. The van der Waals surface area contributed by atoms with Crippen molar-refractivity contribution in [3.63, 3.8) is 0 Å². The van der Waals surface area contributed by atoms with Crippen molar-refractivity contribution in [1.29, 1.82) is 0 Å². The third-order valence-electron chi connectivity index (χ3n) is 17.2. The standard InChI is InChI=1S/C76H73BN4S/c1-48-18-29-55(30-19-48)78(56-31-20-49(2)21-32-56)60-39-40-62-67(47-60)80(59-37-26-52(27-38-59)74(5,6)7)68-45-54(76(11,12)13)46-69-72(68)77(62)63-44-53(75(8,9)10)28-41-64(63)81(69)65-42-43-66(73-71(65)61-16-14-15-17-70(61)82-73)79(57-33-22-50(3)23-34-57)58-35-24-51(4)25-36-58/h14-47H,1-13H3. The topological polar surface area (TPSA) is 13.0 Å². The minimum absolute atomic E-state index is 0.0104. The minimum atomic E-state index is -0.197. The third kappa shape index (κ3) is 9.17. The molecule has 10 aromatic carbocycles. The number of hydrogen-bond donors (Lipinski definition) is 0. The molecule has 0 aliphatic carbocycles. The second-order valence-electron chi connectivity index (χ2n) is 26.3. The lowest BCUT2D eigenvalue weighted by atomic mass is 9.33. The lowest BCUT2D eigenvalue weighted by molar-refractivity contribution is 0.590. The number of hydrogen-bond acceptors (Lipinski definition) is 5. The van der Waals surface area contributed by atoms with Gasteiger partial charge >= 0.3 is 0 Å². The zero-order valence-electron chi connectivity index (χ0n) is 49.9. The first-order valence-corrected chi connectivity index (χ1v) is 30.0. The van der Waals surface area contributed by atoms with Gasteiger partial charge in [-0.25, -0.2) is 0 Å². The van der Waals surface area contributed by atoms with E-state index in [-0.39, 0.29) is 23.0 Å². The van der Waals surface area contributed by atoms with Crippen LogP contribution in [0.4, 0.5) is 68.2 Å². The highest BCUT2D eigenvalue weighted by Gasteiger charge is 2.45. The van der Waals surface area contributed by atoms with E-state index in [0.29, 0.717) is 0 Å². The van der Waals surface area contributed by atoms with Gasteiger partial charge in [-0.15, -0.1) is 11.3 Å². The molecular formula is C76H73BN4S. The van der Waals surface area contributed by atoms with Crippen molar-refractivity contribution in [2.24, 2.45) is 0 Å². The summed E-state index contributed by atoms with van der Waals surface area (Å²) in [6.45, 7) is 29.7. The molecule has 82 heavy (non-hydrogen) atoms. The van der Waals surface area contributed by atoms with Crippen molar-refractivity contribution in [2.75, 3.05) is 19.6 Å². The molecule has 0 unspecified atom stereocenters. The zero-order chi connectivity index (χ0) is 57.1. The first-order chi connectivity index (χ1) is 39.2. The molecule has 0 atom stereocenters. The fourth-order valence-electron chi connectivity index (χ4n) is 12.5. The van der Waals surface area contributed by atoms with E-state index >= 15 is 0 Å². The van der Waals surface area contributed by atoms with E-state index in [4.69, 9.17) is 0 Å². The van der Waals surface area contributed by atoms with Gasteiger partial charge in [-0.1, -0.05) is 182 Å². The average Bonchev–Trinajstić information content (AvgIpc) is 0.930. The summed E-state index contributed by atoms with van der Waals surface area (Å²) < 4.78 is 2.52. The molecule has 2 aliphatic heterocycles. The van der Waals surface area contributed by atoms with Crippen LogP contribution in [0.3, 0.4) is 0 Å². The molecule has 2 aliphatic rings. The summed E-state index contributed by atoms with van der Waals surface area (Å²) in [5.74, 6) is 0. The van der Waals surface area contributed by atoms with Crippen LogP contribution in [0, 0.1) is 27.7 Å². The summed E-state index contributed by atoms with van der Waals surface area (Å²) in [7, 11) is 0. The molecule has 0 saturated carbocycles. The molecule has 13 rings (SSSR count). The van der Waals surface area contributed by atoms with Gasteiger partial charge in [0.1, 0.15) is 0 Å². The monoisotopic (exact) mass is 1080 g/mol. The molecule has 3 heterocycles. The first-order valence-electron chi connectivity index (χ1n) is 29.2. The Morgan fingerprint density at radius 1 is 0.366 bits per heavy atom. The molecule has 406 valence electrons. The Morgan fingerprint density at radius 2 is 0.841 bits per heavy atom. The summed E-state index contributed by atoms with van der Waals surface area (Å²) in [5, 5.41) is 2.51. The van der Waals surface area contributed by atoms with Crippen LogP contribution >= 0.6 is 11.3 Å². The van der Waals surface area contributed by atoms with Crippen LogP contribution in [0.5, 0.6) is 0 Å². The van der Waals surface area contributed by atoms with Crippen molar-refractivity contribution in [1.82, 2.24) is 0 Å². The quantitative estimate of drug-likeness (QED) is 0.141. The van der Waals surface area contributed by atoms with Gasteiger partial charge in [-0.3, -0.25) is 0 Å². The lowest BCUT2D eigenvalue weighted by Crippen LogP contribution is -2.61. The number of anilines is 12. The van der Waals surface area contributed by atoms with Gasteiger partial charge in [-0.05, 0) is 186 Å². The molecule has 1 aromatic heterocycles. The fourth-order valence-corrected chi connectivity index (χ4v) is 13.7. The van der Waals surface area contributed by atoms with Crippen LogP contribution in [0.1, 0.15) is 101 Å². The van der Waals surface area contributed by atoms with E-state index in [1.807, 2.05) is 11.3 Å². The van der Waals surface area contributed by atoms with Gasteiger partial charge in [0.15, 0.2) is 0 Å². The maximum atomic E-state index is 2.66. The minimum Gasteiger partial charge on any atom is -0.311 e. The van der Waals surface area contributed by atoms with E-state index in [1.165, 1.54) is 104 Å². The van der Waals surface area contributed by atoms with E-state index in [1.54, 1.807) is 0 Å². The molecule has 0 amide bonds. The predicted octanol–water partition coefficient (Wildman–Crippen LogP) is 20.2. The summed E-state index contributed by atoms with van der Waals surface area (Å²) in [5.41, 5.74) is 26.4. The summed E-state index contributed by atoms with van der Waals surface area (Å²) >= 11 is 1.90. The van der Waals surface area contributed by atoms with E-state index < -0.39 is 0 Å². The largest absolute Gasteiger partial charge is 0.311 e. The van der Waals surface area contributed by atoms with Crippen LogP contribution in [0.25, 0.3) is 20.2 Å². The first kappa shape index (κ1) is 53.0. The molecule has 0 N–H and O–H groups in total. The molecule has 0 radical (unpaired) electrons. The molecule has 0 saturated heterocycles. The Kier molecular flexibility index (Phi) is 12.7. The third-order valence-corrected chi connectivity index (χ3v) is 18.4. The van der Waals surface area contributed by atoms with Gasteiger partial charge in [0.05, 0.1) is 16.1 Å². The lowest BCUT2D eigenvalue weighted by Gasteiger charge is -2.46. The maximum Gasteiger partial charge on any atom is 0.252 e. The average molecular weight is 1090 g/mol. The van der Waals surface area contributed by atoms with Crippen LogP contribution in [-0.2, 0) is 16.2 Å². The zero-order valence-corrected chi connectivity index (χ0v) is 50.7. The maximum absolute atomic E-state index is 2.66. The summed E-state index contributed by atoms with van der Waals surface area (Å²) in [6.07, 6.45) is 0. The Balaban J connectivity index is 1.12. The van der Waals surface area contributed by atoms with Crippen LogP contribution in [0.15, 0.2) is 206 Å². The summed E-state index contributed by atoms with van der Waals surface area (Å²) in [4.78, 5) is 10.2. The van der Waals surface area contributed by atoms with E-state index in [0.717, 1.165) is 39.8 Å². The molecule has 11 aromatic rings. The van der Waals surface area contributed by atoms with Gasteiger partial charge < -0.3 is 19.6 Å². The number of thiophene rings is 1. The van der Waals surface area contributed by atoms with Crippen molar-refractivity contribution in [3.05, 3.63) is 245 Å². The number of rotatable bonds is 8. The van der Waals surface area contributed by atoms with Gasteiger partial charge in [0.25, 0.3) is 6.71 Å². The van der Waals surface area contributed by atoms with E-state index in [9.17, 15) is 0 Å². The Hall–Kier alpha value is -8.32. The fraction of sp³-hybridized carbons (Fsp3) is 0.211. The number of nitrogens with zero attached hydrogens (tertiary/aromatic N) is 4. The van der Waals surface area contributed by atoms with Crippen LogP contribution < -0.4 is 36.0 Å². The predicted molar refractivity (Wildman–Crippen MR) is 358 cm³/mol. The Labute approximate surface area is 491 Å². The van der Waals surface area contributed by atoms with Gasteiger partial charge in [0.2, 0.25) is 0 Å². The number of benzene rings is 10. The Bertz CT molecular complexity index is 4160. The second kappa shape index (κ2) is 19.7. The molecule has 4 nitrogen and oxygen atoms in total. The highest BCUT2D eigenvalue weighted by Crippen LogP contribution is 2.54. The van der Waals surface area contributed by atoms with E-state index in [2.05, 4.69) is 316 Å². The van der Waals surface area contributed by atoms with Crippen LogP contribution in [-0.4, -0.2) is 6.71 Å². The SMILES string of the molecule is Cc1ccc(N(c2ccc(C)cc2)c2ccc3c(c2)N(c2ccc(C(C)(C)C)cc2)c2cc(C(C)(C)C)cc4c2B3c2cc(C(C)(C)C)ccc2N4c2ccc(N(c3ccc(C)cc3)c3ccc(C)cc3)c3sc4ccccc4c23)cc1. The van der Waals surface area contributed by atoms with Crippen LogP contribution in [0.2, 0.25) is 0 Å². The summed E-state index contributed by atoms with van der Waals surface area (Å²) in [6, 6.07) is 79.1. The second-order valence-corrected chi connectivity index (χ2v) is 27.3. The van der Waals surface area contributed by atoms with Crippen molar-refractivity contribution in [2.45, 2.75) is 106 Å². The molecule has 0 bridgehead atoms.